The second kappa shape index (κ2) is 7.64. The van der Waals surface area contributed by atoms with Crippen molar-refractivity contribution >= 4 is 29.0 Å². The number of hydrogen-bond donors (Lipinski definition) is 1. The van der Waals surface area contributed by atoms with Crippen LogP contribution in [0.4, 0.5) is 11.4 Å². The molecule has 1 amide bonds. The lowest BCUT2D eigenvalue weighted by Gasteiger charge is -2.10. The molecule has 0 aromatic heterocycles. The van der Waals surface area contributed by atoms with Gasteiger partial charge in [-0.15, -0.1) is 11.8 Å². The highest BCUT2D eigenvalue weighted by atomic mass is 32.2. The average molecular weight is 332 g/mol. The number of non-ortho nitro benzene ring substituents is 1. The number of nitro benzene ring substituents is 1. The Bertz CT molecular complexity index is 717. The lowest BCUT2D eigenvalue weighted by molar-refractivity contribution is -0.384. The van der Waals surface area contributed by atoms with E-state index in [4.69, 9.17) is 4.74 Å². The van der Waals surface area contributed by atoms with Gasteiger partial charge in [0.1, 0.15) is 5.75 Å². The highest BCUT2D eigenvalue weighted by Crippen LogP contribution is 2.29. The zero-order chi connectivity index (χ0) is 16.8. The molecule has 0 aliphatic carbocycles. The van der Waals surface area contributed by atoms with Crippen LogP contribution in [0.25, 0.3) is 0 Å². The van der Waals surface area contributed by atoms with Gasteiger partial charge in [0.05, 0.1) is 30.2 Å². The minimum Gasteiger partial charge on any atom is -0.494 e. The number of carbonyl (C=O) groups is 1. The molecule has 23 heavy (non-hydrogen) atoms. The van der Waals surface area contributed by atoms with Crippen molar-refractivity contribution in [2.24, 2.45) is 0 Å². The SMILES string of the molecule is COc1cc([N+](=O)[O-])ccc1NC(=O)Cc1ccc(SC)cc1. The fourth-order valence-corrected chi connectivity index (χ4v) is 2.43. The molecule has 0 aliphatic rings. The Morgan fingerprint density at radius 3 is 2.52 bits per heavy atom. The van der Waals surface area contributed by atoms with Crippen molar-refractivity contribution in [3.63, 3.8) is 0 Å². The number of amides is 1. The van der Waals surface area contributed by atoms with Gasteiger partial charge in [0.2, 0.25) is 5.91 Å². The van der Waals surface area contributed by atoms with Crippen molar-refractivity contribution in [1.29, 1.82) is 0 Å². The molecule has 0 heterocycles. The first-order valence-corrected chi connectivity index (χ1v) is 8.01. The van der Waals surface area contributed by atoms with Gasteiger partial charge in [-0.3, -0.25) is 14.9 Å². The fraction of sp³-hybridized carbons (Fsp3) is 0.188. The van der Waals surface area contributed by atoms with Crippen LogP contribution >= 0.6 is 11.8 Å². The van der Waals surface area contributed by atoms with Gasteiger partial charge in [0.15, 0.2) is 0 Å². The van der Waals surface area contributed by atoms with Gasteiger partial charge in [-0.1, -0.05) is 12.1 Å². The molecule has 7 heteroatoms. The van der Waals surface area contributed by atoms with Crippen LogP contribution in [0.5, 0.6) is 5.75 Å². The Hall–Kier alpha value is -2.54. The number of nitrogens with one attached hydrogen (secondary N) is 1. The van der Waals surface area contributed by atoms with Gasteiger partial charge < -0.3 is 10.1 Å². The minimum absolute atomic E-state index is 0.0903. The van der Waals surface area contributed by atoms with Gasteiger partial charge in [-0.2, -0.15) is 0 Å². The second-order valence-electron chi connectivity index (χ2n) is 4.71. The molecular formula is C16H16N2O4S. The standard InChI is InChI=1S/C16H16N2O4S/c1-22-15-10-12(18(20)21)5-8-14(15)17-16(19)9-11-3-6-13(23-2)7-4-11/h3-8,10H,9H2,1-2H3,(H,17,19). The number of nitrogens with zero attached hydrogens (tertiary/aromatic N) is 1. The number of carbonyl (C=O) groups excluding carboxylic acids is 1. The van der Waals surface area contributed by atoms with E-state index in [9.17, 15) is 14.9 Å². The van der Waals surface area contributed by atoms with Crippen LogP contribution in [0.1, 0.15) is 5.56 Å². The first kappa shape index (κ1) is 16.8. The molecule has 6 nitrogen and oxygen atoms in total. The van der Waals surface area contributed by atoms with Crippen molar-refractivity contribution < 1.29 is 14.5 Å². The molecule has 0 unspecified atom stereocenters. The van der Waals surface area contributed by atoms with E-state index in [2.05, 4.69) is 5.32 Å². The number of nitro groups is 1. The number of rotatable bonds is 6. The van der Waals surface area contributed by atoms with E-state index in [0.717, 1.165) is 10.5 Å². The maximum atomic E-state index is 12.1. The quantitative estimate of drug-likeness (QED) is 0.497. The molecule has 2 rings (SSSR count). The monoisotopic (exact) mass is 332 g/mol. The van der Waals surface area contributed by atoms with E-state index >= 15 is 0 Å². The largest absolute Gasteiger partial charge is 0.494 e. The van der Waals surface area contributed by atoms with E-state index in [1.54, 1.807) is 11.8 Å². The maximum absolute atomic E-state index is 12.1. The van der Waals surface area contributed by atoms with Crippen molar-refractivity contribution in [3.05, 3.63) is 58.1 Å². The van der Waals surface area contributed by atoms with Gasteiger partial charge in [-0.05, 0) is 30.0 Å². The first-order valence-electron chi connectivity index (χ1n) is 6.78. The number of anilines is 1. The molecular weight excluding hydrogens is 316 g/mol. The molecule has 0 atom stereocenters. The predicted octanol–water partition coefficient (Wildman–Crippen LogP) is 3.51. The average Bonchev–Trinajstić information content (AvgIpc) is 2.55. The smallest absolute Gasteiger partial charge is 0.273 e. The van der Waals surface area contributed by atoms with Crippen LogP contribution in [-0.2, 0) is 11.2 Å². The van der Waals surface area contributed by atoms with Crippen LogP contribution in [0.3, 0.4) is 0 Å². The third-order valence-electron chi connectivity index (χ3n) is 3.19. The summed E-state index contributed by atoms with van der Waals surface area (Å²) in [5.41, 5.74) is 1.21. The summed E-state index contributed by atoms with van der Waals surface area (Å²) in [6, 6.07) is 11.8. The maximum Gasteiger partial charge on any atom is 0.273 e. The topological polar surface area (TPSA) is 81.5 Å². The third kappa shape index (κ3) is 4.46. The summed E-state index contributed by atoms with van der Waals surface area (Å²) in [4.78, 5) is 23.5. The third-order valence-corrected chi connectivity index (χ3v) is 3.94. The van der Waals surface area contributed by atoms with E-state index in [1.165, 1.54) is 25.3 Å². The molecule has 0 saturated heterocycles. The molecule has 0 bridgehead atoms. The van der Waals surface area contributed by atoms with Crippen molar-refractivity contribution in [2.45, 2.75) is 11.3 Å². The van der Waals surface area contributed by atoms with Gasteiger partial charge in [0, 0.05) is 11.0 Å². The van der Waals surface area contributed by atoms with Gasteiger partial charge in [-0.25, -0.2) is 0 Å². The summed E-state index contributed by atoms with van der Waals surface area (Å²) < 4.78 is 5.10. The highest BCUT2D eigenvalue weighted by Gasteiger charge is 2.13. The number of methoxy groups -OCH3 is 1. The van der Waals surface area contributed by atoms with Crippen molar-refractivity contribution in [3.8, 4) is 5.75 Å². The highest BCUT2D eigenvalue weighted by molar-refractivity contribution is 7.98. The molecule has 0 radical (unpaired) electrons. The summed E-state index contributed by atoms with van der Waals surface area (Å²) >= 11 is 1.64. The molecule has 0 aliphatic heterocycles. The number of thioether (sulfide) groups is 1. The predicted molar refractivity (Wildman–Crippen MR) is 90.2 cm³/mol. The van der Waals surface area contributed by atoms with Crippen molar-refractivity contribution in [1.82, 2.24) is 0 Å². The molecule has 0 fully saturated rings. The van der Waals surface area contributed by atoms with Crippen LogP contribution in [0.15, 0.2) is 47.4 Å². The van der Waals surface area contributed by atoms with Gasteiger partial charge in [0.25, 0.3) is 5.69 Å². The van der Waals surface area contributed by atoms with E-state index in [1.807, 2.05) is 30.5 Å². The van der Waals surface area contributed by atoms with Crippen LogP contribution < -0.4 is 10.1 Å². The Kier molecular flexibility index (Phi) is 5.59. The Balaban J connectivity index is 2.08. The number of ether oxygens (including phenoxy) is 1. The van der Waals surface area contributed by atoms with E-state index < -0.39 is 4.92 Å². The molecule has 2 aromatic carbocycles. The number of benzene rings is 2. The first-order chi connectivity index (χ1) is 11.0. The van der Waals surface area contributed by atoms with Crippen LogP contribution in [0.2, 0.25) is 0 Å². The second-order valence-corrected chi connectivity index (χ2v) is 5.59. The van der Waals surface area contributed by atoms with Crippen molar-refractivity contribution in [2.75, 3.05) is 18.7 Å². The molecule has 0 saturated carbocycles. The molecule has 1 N–H and O–H groups in total. The summed E-state index contributed by atoms with van der Waals surface area (Å²) in [6.45, 7) is 0. The molecule has 120 valence electrons. The van der Waals surface area contributed by atoms with Gasteiger partial charge >= 0.3 is 0 Å². The Labute approximate surface area is 138 Å². The molecule has 0 spiro atoms. The lowest BCUT2D eigenvalue weighted by atomic mass is 10.1. The minimum atomic E-state index is -0.512. The lowest BCUT2D eigenvalue weighted by Crippen LogP contribution is -2.15. The Morgan fingerprint density at radius 1 is 1.26 bits per heavy atom. The number of hydrogen-bond acceptors (Lipinski definition) is 5. The zero-order valence-electron chi connectivity index (χ0n) is 12.7. The van der Waals surface area contributed by atoms with E-state index in [-0.39, 0.29) is 23.8 Å². The van der Waals surface area contributed by atoms with Crippen LogP contribution in [-0.4, -0.2) is 24.2 Å². The summed E-state index contributed by atoms with van der Waals surface area (Å²) in [5.74, 6) is 0.0411. The summed E-state index contributed by atoms with van der Waals surface area (Å²) in [7, 11) is 1.40. The fourth-order valence-electron chi connectivity index (χ4n) is 2.02. The summed E-state index contributed by atoms with van der Waals surface area (Å²) in [6.07, 6.45) is 2.21. The normalized spacial score (nSPS) is 10.2. The Morgan fingerprint density at radius 2 is 1.96 bits per heavy atom. The zero-order valence-corrected chi connectivity index (χ0v) is 13.6. The van der Waals surface area contributed by atoms with Crippen LogP contribution in [0, 0.1) is 10.1 Å². The van der Waals surface area contributed by atoms with E-state index in [0.29, 0.717) is 5.69 Å². The summed E-state index contributed by atoms with van der Waals surface area (Å²) in [5, 5.41) is 13.5. The molecule has 2 aromatic rings.